The maximum absolute atomic E-state index is 11.6. The number of carbonyl (C=O) groups is 2. The monoisotopic (exact) mass is 269 g/mol. The number of hydrogen-bond donors (Lipinski definition) is 2. The van der Waals surface area contributed by atoms with Crippen molar-refractivity contribution < 1.29 is 14.3 Å². The Labute approximate surface area is 109 Å². The Morgan fingerprint density at radius 2 is 2.56 bits per heavy atom. The number of thiazole rings is 1. The maximum Gasteiger partial charge on any atom is 0.357 e. The zero-order valence-corrected chi connectivity index (χ0v) is 10.9. The minimum Gasteiger partial charge on any atom is -0.461 e. The number of anilines is 1. The number of nitrogens with one attached hydrogen (secondary N) is 2. The normalized spacial score (nSPS) is 19.2. The van der Waals surface area contributed by atoms with Gasteiger partial charge in [-0.25, -0.2) is 9.78 Å². The minimum atomic E-state index is -0.435. The fraction of sp³-hybridized carbons (Fsp3) is 0.545. The van der Waals surface area contributed by atoms with E-state index in [4.69, 9.17) is 4.74 Å². The van der Waals surface area contributed by atoms with Crippen molar-refractivity contribution in [2.75, 3.05) is 18.5 Å². The van der Waals surface area contributed by atoms with Gasteiger partial charge in [-0.05, 0) is 19.8 Å². The molecule has 1 aliphatic rings. The second-order valence-corrected chi connectivity index (χ2v) is 4.75. The van der Waals surface area contributed by atoms with Crippen LogP contribution in [0.25, 0.3) is 0 Å². The molecule has 1 aromatic rings. The fourth-order valence-electron chi connectivity index (χ4n) is 1.70. The summed E-state index contributed by atoms with van der Waals surface area (Å²) in [4.78, 5) is 27.1. The van der Waals surface area contributed by atoms with Crippen LogP contribution in [0.4, 0.5) is 5.13 Å². The van der Waals surface area contributed by atoms with Crippen LogP contribution in [-0.2, 0) is 9.53 Å². The van der Waals surface area contributed by atoms with Gasteiger partial charge in [0.2, 0.25) is 5.91 Å². The van der Waals surface area contributed by atoms with Gasteiger partial charge in [0.05, 0.1) is 6.61 Å². The summed E-state index contributed by atoms with van der Waals surface area (Å²) in [5.41, 5.74) is 0.278. The topological polar surface area (TPSA) is 80.3 Å². The molecule has 1 aliphatic heterocycles. The highest BCUT2D eigenvalue weighted by Gasteiger charge is 2.23. The molecule has 1 atom stereocenters. The van der Waals surface area contributed by atoms with Crippen LogP contribution in [-0.4, -0.2) is 36.1 Å². The van der Waals surface area contributed by atoms with E-state index < -0.39 is 5.97 Å². The van der Waals surface area contributed by atoms with E-state index in [1.54, 1.807) is 12.3 Å². The summed E-state index contributed by atoms with van der Waals surface area (Å²) < 4.78 is 4.85. The Bertz CT molecular complexity index is 446. The Morgan fingerprint density at radius 3 is 3.28 bits per heavy atom. The van der Waals surface area contributed by atoms with Crippen LogP contribution in [0.2, 0.25) is 0 Å². The molecule has 0 radical (unpaired) electrons. The largest absolute Gasteiger partial charge is 0.461 e. The van der Waals surface area contributed by atoms with Crippen LogP contribution in [0.5, 0.6) is 0 Å². The molecule has 1 aromatic heterocycles. The zero-order chi connectivity index (χ0) is 13.0. The third-order valence-corrected chi connectivity index (χ3v) is 3.35. The zero-order valence-electron chi connectivity index (χ0n) is 10.1. The summed E-state index contributed by atoms with van der Waals surface area (Å²) in [5, 5.41) is 8.02. The standard InChI is InChI=1S/C11H15N3O3S/c1-2-17-10(16)8-6-18-11(14-8)13-7-4-3-5-12-9(7)15/h6-7H,2-5H2,1H3,(H,12,15)(H,13,14). The molecule has 1 unspecified atom stereocenters. The number of esters is 1. The first-order valence-electron chi connectivity index (χ1n) is 5.87. The van der Waals surface area contributed by atoms with Crippen LogP contribution in [0.1, 0.15) is 30.3 Å². The summed E-state index contributed by atoms with van der Waals surface area (Å²) >= 11 is 1.30. The molecule has 2 heterocycles. The molecule has 98 valence electrons. The first-order chi connectivity index (χ1) is 8.70. The Balaban J connectivity index is 1.97. The SMILES string of the molecule is CCOC(=O)c1csc(NC2CCCNC2=O)n1. The van der Waals surface area contributed by atoms with Crippen molar-refractivity contribution in [2.24, 2.45) is 0 Å². The third-order valence-electron chi connectivity index (χ3n) is 2.57. The van der Waals surface area contributed by atoms with E-state index in [2.05, 4.69) is 15.6 Å². The van der Waals surface area contributed by atoms with Crippen molar-refractivity contribution in [3.63, 3.8) is 0 Å². The van der Waals surface area contributed by atoms with E-state index in [-0.39, 0.29) is 17.6 Å². The van der Waals surface area contributed by atoms with Gasteiger partial charge in [0, 0.05) is 11.9 Å². The molecule has 0 aromatic carbocycles. The summed E-state index contributed by atoms with van der Waals surface area (Å²) in [6.45, 7) is 2.79. The van der Waals surface area contributed by atoms with Crippen LogP contribution in [0.15, 0.2) is 5.38 Å². The van der Waals surface area contributed by atoms with Gasteiger partial charge < -0.3 is 15.4 Å². The van der Waals surface area contributed by atoms with Crippen molar-refractivity contribution in [2.45, 2.75) is 25.8 Å². The molecule has 1 fully saturated rings. The molecule has 1 saturated heterocycles. The molecule has 1 amide bonds. The molecule has 2 rings (SSSR count). The number of nitrogens with zero attached hydrogens (tertiary/aromatic N) is 1. The van der Waals surface area contributed by atoms with Gasteiger partial charge in [0.15, 0.2) is 10.8 Å². The van der Waals surface area contributed by atoms with Gasteiger partial charge in [-0.3, -0.25) is 4.79 Å². The Morgan fingerprint density at radius 1 is 1.72 bits per heavy atom. The Hall–Kier alpha value is -1.63. The molecule has 2 N–H and O–H groups in total. The average Bonchev–Trinajstić information content (AvgIpc) is 2.81. The summed E-state index contributed by atoms with van der Waals surface area (Å²) in [7, 11) is 0. The lowest BCUT2D eigenvalue weighted by molar-refractivity contribution is -0.123. The molecule has 0 saturated carbocycles. The molecular formula is C11H15N3O3S. The van der Waals surface area contributed by atoms with E-state index in [9.17, 15) is 9.59 Å². The number of hydrogen-bond acceptors (Lipinski definition) is 6. The smallest absolute Gasteiger partial charge is 0.357 e. The number of carbonyl (C=O) groups excluding carboxylic acids is 2. The maximum atomic E-state index is 11.6. The van der Waals surface area contributed by atoms with Crippen LogP contribution >= 0.6 is 11.3 Å². The molecule has 0 aliphatic carbocycles. The highest BCUT2D eigenvalue weighted by molar-refractivity contribution is 7.13. The highest BCUT2D eigenvalue weighted by Crippen LogP contribution is 2.19. The van der Waals surface area contributed by atoms with Gasteiger partial charge in [-0.15, -0.1) is 11.3 Å². The first kappa shape index (κ1) is 12.8. The Kier molecular flexibility index (Phi) is 4.14. The molecule has 18 heavy (non-hydrogen) atoms. The lowest BCUT2D eigenvalue weighted by Crippen LogP contribution is -2.44. The van der Waals surface area contributed by atoms with Crippen LogP contribution in [0.3, 0.4) is 0 Å². The number of ether oxygens (including phenoxy) is 1. The van der Waals surface area contributed by atoms with Crippen LogP contribution < -0.4 is 10.6 Å². The number of amides is 1. The van der Waals surface area contributed by atoms with Crippen molar-refractivity contribution in [3.05, 3.63) is 11.1 Å². The molecule has 0 spiro atoms. The van der Waals surface area contributed by atoms with Crippen LogP contribution in [0, 0.1) is 0 Å². The van der Waals surface area contributed by atoms with E-state index >= 15 is 0 Å². The highest BCUT2D eigenvalue weighted by atomic mass is 32.1. The minimum absolute atomic E-state index is 0.0193. The summed E-state index contributed by atoms with van der Waals surface area (Å²) in [5.74, 6) is -0.455. The molecule has 7 heteroatoms. The van der Waals surface area contributed by atoms with Gasteiger partial charge in [-0.2, -0.15) is 0 Å². The van der Waals surface area contributed by atoms with Gasteiger partial charge in [-0.1, -0.05) is 0 Å². The van der Waals surface area contributed by atoms with E-state index in [0.717, 1.165) is 19.4 Å². The predicted octanol–water partition coefficient (Wildman–Crippen LogP) is 1.01. The van der Waals surface area contributed by atoms with Crippen molar-refractivity contribution in [1.29, 1.82) is 0 Å². The van der Waals surface area contributed by atoms with Gasteiger partial charge in [0.1, 0.15) is 6.04 Å². The quantitative estimate of drug-likeness (QED) is 0.797. The summed E-state index contributed by atoms with van der Waals surface area (Å²) in [6.07, 6.45) is 1.72. The van der Waals surface area contributed by atoms with E-state index in [1.807, 2.05) is 0 Å². The van der Waals surface area contributed by atoms with Gasteiger partial charge >= 0.3 is 5.97 Å². The lowest BCUT2D eigenvalue weighted by Gasteiger charge is -2.22. The van der Waals surface area contributed by atoms with Crippen molar-refractivity contribution in [3.8, 4) is 0 Å². The average molecular weight is 269 g/mol. The summed E-state index contributed by atoms with van der Waals surface area (Å²) in [6, 6.07) is -0.264. The number of rotatable bonds is 4. The molecule has 6 nitrogen and oxygen atoms in total. The molecular weight excluding hydrogens is 254 g/mol. The number of piperidine rings is 1. The molecule has 0 bridgehead atoms. The fourth-order valence-corrected chi connectivity index (χ4v) is 2.43. The second-order valence-electron chi connectivity index (χ2n) is 3.89. The predicted molar refractivity (Wildman–Crippen MR) is 67.7 cm³/mol. The lowest BCUT2D eigenvalue weighted by atomic mass is 10.1. The van der Waals surface area contributed by atoms with Gasteiger partial charge in [0.25, 0.3) is 0 Å². The second kappa shape index (κ2) is 5.81. The van der Waals surface area contributed by atoms with Crippen molar-refractivity contribution >= 4 is 28.3 Å². The van der Waals surface area contributed by atoms with E-state index in [1.165, 1.54) is 11.3 Å². The van der Waals surface area contributed by atoms with E-state index in [0.29, 0.717) is 11.7 Å². The number of aromatic nitrogens is 1. The van der Waals surface area contributed by atoms with Crippen molar-refractivity contribution in [1.82, 2.24) is 10.3 Å². The first-order valence-corrected chi connectivity index (χ1v) is 6.75. The third kappa shape index (κ3) is 2.98.